The number of halogens is 4. The van der Waals surface area contributed by atoms with E-state index < -0.39 is 39.2 Å². The van der Waals surface area contributed by atoms with Crippen LogP contribution in [0.4, 0.5) is 17.6 Å². The number of carbonyl (C=O) groups is 1. The maximum atomic E-state index is 13.4. The van der Waals surface area contributed by atoms with Gasteiger partial charge >= 0.3 is 0 Å². The number of rotatable bonds is 5. The van der Waals surface area contributed by atoms with Gasteiger partial charge in [0.15, 0.2) is 0 Å². The monoisotopic (exact) mass is 385 g/mol. The van der Waals surface area contributed by atoms with E-state index >= 15 is 0 Å². The summed E-state index contributed by atoms with van der Waals surface area (Å²) in [5.41, 5.74) is -0.323. The molecule has 0 aliphatic heterocycles. The first-order chi connectivity index (χ1) is 12.2. The minimum absolute atomic E-state index is 0.122. The molecule has 1 N–H and O–H groups in total. The fraction of sp³-hybridized carbons (Fsp3) is 0. The molecule has 0 atom stereocenters. The third-order valence-corrected chi connectivity index (χ3v) is 3.99. The van der Waals surface area contributed by atoms with Crippen molar-refractivity contribution in [2.75, 3.05) is 0 Å². The van der Waals surface area contributed by atoms with Crippen molar-refractivity contribution in [2.45, 2.75) is 0 Å². The Morgan fingerprint density at radius 3 is 1.85 bits per heavy atom. The van der Waals surface area contributed by atoms with Gasteiger partial charge in [0.2, 0.25) is 0 Å². The van der Waals surface area contributed by atoms with Crippen molar-refractivity contribution in [1.29, 1.82) is 0 Å². The maximum absolute atomic E-state index is 13.4. The highest BCUT2D eigenvalue weighted by atomic mass is 32.2. The van der Waals surface area contributed by atoms with E-state index in [9.17, 15) is 30.8 Å². The lowest BCUT2D eigenvalue weighted by Gasteiger charge is -2.01. The molecule has 0 radical (unpaired) electrons. The van der Waals surface area contributed by atoms with Gasteiger partial charge in [-0.15, -0.1) is 0 Å². The summed E-state index contributed by atoms with van der Waals surface area (Å²) < 4.78 is 77.5. The molecular weight excluding hydrogens is 374 g/mol. The predicted octanol–water partition coefficient (Wildman–Crippen LogP) is 3.37. The van der Waals surface area contributed by atoms with Crippen molar-refractivity contribution in [1.82, 2.24) is 4.72 Å². The fourth-order valence-corrected chi connectivity index (χ4v) is 2.55. The zero-order chi connectivity index (χ0) is 19.3. The highest BCUT2D eigenvalue weighted by Crippen LogP contribution is 2.12. The second-order valence-corrected chi connectivity index (χ2v) is 6.55. The van der Waals surface area contributed by atoms with Crippen LogP contribution in [0.25, 0.3) is 12.2 Å². The lowest BCUT2D eigenvalue weighted by Crippen LogP contribution is -2.26. The summed E-state index contributed by atoms with van der Waals surface area (Å²) in [6, 6.07) is 5.18. The Morgan fingerprint density at radius 1 is 0.846 bits per heavy atom. The molecule has 2 aromatic carbocycles. The van der Waals surface area contributed by atoms with Crippen LogP contribution >= 0.6 is 0 Å². The van der Waals surface area contributed by atoms with Crippen LogP contribution in [0.1, 0.15) is 11.1 Å². The maximum Gasteiger partial charge on any atom is 0.257 e. The van der Waals surface area contributed by atoms with Crippen molar-refractivity contribution in [3.05, 3.63) is 82.3 Å². The molecule has 0 spiro atoms. The SMILES string of the molecule is O=C(/C=C/c1ccc(F)cc1F)NS(=O)(=O)/C=C\c1ccc(F)cc1F. The van der Waals surface area contributed by atoms with Crippen LogP contribution in [0.3, 0.4) is 0 Å². The molecule has 0 heterocycles. The molecule has 0 saturated carbocycles. The van der Waals surface area contributed by atoms with E-state index in [0.29, 0.717) is 17.5 Å². The van der Waals surface area contributed by atoms with Crippen LogP contribution in [0.5, 0.6) is 0 Å². The second kappa shape index (κ2) is 7.96. The summed E-state index contributed by atoms with van der Waals surface area (Å²) in [6.45, 7) is 0. The van der Waals surface area contributed by atoms with Gasteiger partial charge in [-0.3, -0.25) is 4.79 Å². The highest BCUT2D eigenvalue weighted by molar-refractivity contribution is 7.93. The quantitative estimate of drug-likeness (QED) is 0.634. The third-order valence-electron chi connectivity index (χ3n) is 3.01. The van der Waals surface area contributed by atoms with E-state index in [4.69, 9.17) is 0 Å². The summed E-state index contributed by atoms with van der Waals surface area (Å²) in [7, 11) is -4.27. The lowest BCUT2D eigenvalue weighted by atomic mass is 10.2. The largest absolute Gasteiger partial charge is 0.269 e. The van der Waals surface area contributed by atoms with Crippen molar-refractivity contribution in [2.24, 2.45) is 0 Å². The first kappa shape index (κ1) is 19.4. The Bertz CT molecular complexity index is 1000. The van der Waals surface area contributed by atoms with Crippen molar-refractivity contribution < 1.29 is 30.8 Å². The number of benzene rings is 2. The molecule has 0 aliphatic rings. The number of nitrogens with one attached hydrogen (secondary N) is 1. The van der Waals surface area contributed by atoms with Gasteiger partial charge in [0.05, 0.1) is 5.41 Å². The molecule has 4 nitrogen and oxygen atoms in total. The average molecular weight is 385 g/mol. The molecule has 2 rings (SSSR count). The van der Waals surface area contributed by atoms with Crippen LogP contribution in [0, 0.1) is 23.3 Å². The Kier molecular flexibility index (Phi) is 5.93. The zero-order valence-corrected chi connectivity index (χ0v) is 13.7. The van der Waals surface area contributed by atoms with Crippen molar-refractivity contribution >= 4 is 28.1 Å². The molecule has 136 valence electrons. The highest BCUT2D eigenvalue weighted by Gasteiger charge is 2.10. The van der Waals surface area contributed by atoms with Gasteiger partial charge in [0.25, 0.3) is 15.9 Å². The summed E-state index contributed by atoms with van der Waals surface area (Å²) >= 11 is 0. The van der Waals surface area contributed by atoms with Crippen LogP contribution in [-0.4, -0.2) is 14.3 Å². The summed E-state index contributed by atoms with van der Waals surface area (Å²) in [6.07, 6.45) is 2.54. The Morgan fingerprint density at radius 2 is 1.35 bits per heavy atom. The van der Waals surface area contributed by atoms with Gasteiger partial charge in [0.1, 0.15) is 23.3 Å². The van der Waals surface area contributed by atoms with E-state index in [1.165, 1.54) is 0 Å². The molecular formula is C17H11F4NO3S. The molecule has 2 aromatic rings. The van der Waals surface area contributed by atoms with Gasteiger partial charge in [-0.25, -0.2) is 30.7 Å². The molecule has 0 bridgehead atoms. The number of carbonyl (C=O) groups excluding carboxylic acids is 1. The minimum atomic E-state index is -4.27. The fourth-order valence-electron chi connectivity index (χ4n) is 1.81. The molecule has 0 saturated heterocycles. The zero-order valence-electron chi connectivity index (χ0n) is 12.9. The number of hydrogen-bond donors (Lipinski definition) is 1. The van der Waals surface area contributed by atoms with Crippen LogP contribution in [0.2, 0.25) is 0 Å². The number of hydrogen-bond acceptors (Lipinski definition) is 3. The van der Waals surface area contributed by atoms with Gasteiger partial charge in [-0.1, -0.05) is 0 Å². The van der Waals surface area contributed by atoms with E-state index in [1.54, 1.807) is 4.72 Å². The summed E-state index contributed by atoms with van der Waals surface area (Å²) in [5.74, 6) is -4.63. The van der Waals surface area contributed by atoms with Gasteiger partial charge in [-0.05, 0) is 36.4 Å². The average Bonchev–Trinajstić information content (AvgIpc) is 2.52. The standard InChI is InChI=1S/C17H11F4NO3S/c18-13-4-1-11(15(20)9-13)3-6-17(23)22-26(24,25)8-7-12-2-5-14(19)10-16(12)21/h1-10H,(H,22,23)/b6-3+,8-7-. The molecule has 0 aromatic heterocycles. The summed E-state index contributed by atoms with van der Waals surface area (Å²) in [5, 5.41) is 0.521. The van der Waals surface area contributed by atoms with E-state index in [0.717, 1.165) is 42.5 Å². The van der Waals surface area contributed by atoms with Crippen molar-refractivity contribution in [3.8, 4) is 0 Å². The second-order valence-electron chi connectivity index (χ2n) is 4.98. The lowest BCUT2D eigenvalue weighted by molar-refractivity contribution is -0.114. The van der Waals surface area contributed by atoms with Crippen LogP contribution in [0.15, 0.2) is 47.9 Å². The Labute approximate surface area is 146 Å². The first-order valence-electron chi connectivity index (χ1n) is 6.99. The smallest absolute Gasteiger partial charge is 0.257 e. The van der Waals surface area contributed by atoms with Crippen LogP contribution < -0.4 is 4.72 Å². The van der Waals surface area contributed by atoms with Gasteiger partial charge < -0.3 is 0 Å². The number of sulfonamides is 1. The van der Waals surface area contributed by atoms with Gasteiger partial charge in [-0.2, -0.15) is 0 Å². The molecule has 26 heavy (non-hydrogen) atoms. The number of amides is 1. The predicted molar refractivity (Wildman–Crippen MR) is 87.8 cm³/mol. The molecule has 9 heteroatoms. The Balaban J connectivity index is 2.07. The van der Waals surface area contributed by atoms with E-state index in [1.807, 2.05) is 0 Å². The topological polar surface area (TPSA) is 63.2 Å². The molecule has 0 aliphatic carbocycles. The van der Waals surface area contributed by atoms with Gasteiger partial charge in [0, 0.05) is 29.3 Å². The molecule has 0 fully saturated rings. The summed E-state index contributed by atoms with van der Waals surface area (Å²) in [4.78, 5) is 11.6. The Hall–Kier alpha value is -2.94. The normalized spacial score (nSPS) is 12.0. The minimum Gasteiger partial charge on any atom is -0.269 e. The van der Waals surface area contributed by atoms with E-state index in [-0.39, 0.29) is 11.1 Å². The van der Waals surface area contributed by atoms with E-state index in [2.05, 4.69) is 0 Å². The third kappa shape index (κ3) is 5.55. The van der Waals surface area contributed by atoms with Crippen molar-refractivity contribution in [3.63, 3.8) is 0 Å². The molecule has 0 unspecified atom stereocenters. The first-order valence-corrected chi connectivity index (χ1v) is 8.54. The van der Waals surface area contributed by atoms with Crippen LogP contribution in [-0.2, 0) is 14.8 Å². The molecule has 1 amide bonds.